The lowest BCUT2D eigenvalue weighted by Gasteiger charge is -2.33. The van der Waals surface area contributed by atoms with Crippen LogP contribution in [0.1, 0.15) is 18.4 Å². The Morgan fingerprint density at radius 2 is 1.64 bits per heavy atom. The summed E-state index contributed by atoms with van der Waals surface area (Å²) in [5.41, 5.74) is 1.17. The lowest BCUT2D eigenvalue weighted by molar-refractivity contribution is -0.185. The molecule has 1 aliphatic rings. The SMILES string of the molecule is FC(F)(F)C1CCN(Cc2ccc(Br)c3ccccc23)CC1. The first-order chi connectivity index (χ1) is 10.4. The van der Waals surface area contributed by atoms with E-state index in [0.29, 0.717) is 19.6 Å². The first-order valence-corrected chi connectivity index (χ1v) is 8.19. The molecule has 22 heavy (non-hydrogen) atoms. The van der Waals surface area contributed by atoms with Crippen molar-refractivity contribution in [2.45, 2.75) is 25.6 Å². The highest BCUT2D eigenvalue weighted by molar-refractivity contribution is 9.10. The average Bonchev–Trinajstić information content (AvgIpc) is 2.50. The molecule has 0 radical (unpaired) electrons. The molecule has 3 rings (SSSR count). The zero-order chi connectivity index (χ0) is 15.7. The van der Waals surface area contributed by atoms with Crippen molar-refractivity contribution in [2.24, 2.45) is 5.92 Å². The van der Waals surface area contributed by atoms with Crippen LogP contribution in [-0.4, -0.2) is 24.2 Å². The van der Waals surface area contributed by atoms with Crippen molar-refractivity contribution < 1.29 is 13.2 Å². The van der Waals surface area contributed by atoms with Crippen molar-refractivity contribution in [1.29, 1.82) is 0 Å². The van der Waals surface area contributed by atoms with Gasteiger partial charge in [-0.05, 0) is 48.3 Å². The molecule has 0 aromatic heterocycles. The summed E-state index contributed by atoms with van der Waals surface area (Å²) in [5, 5.41) is 2.31. The summed E-state index contributed by atoms with van der Waals surface area (Å²) < 4.78 is 39.2. The Hall–Kier alpha value is -1.07. The molecule has 2 aromatic rings. The van der Waals surface area contributed by atoms with Crippen LogP contribution in [0.25, 0.3) is 10.8 Å². The Morgan fingerprint density at radius 1 is 1.00 bits per heavy atom. The Morgan fingerprint density at radius 3 is 2.27 bits per heavy atom. The molecule has 0 unspecified atom stereocenters. The molecule has 0 amide bonds. The van der Waals surface area contributed by atoms with Crippen molar-refractivity contribution in [3.05, 3.63) is 46.4 Å². The molecule has 0 saturated carbocycles. The van der Waals surface area contributed by atoms with Gasteiger partial charge in [0.2, 0.25) is 0 Å². The lowest BCUT2D eigenvalue weighted by atomic mass is 9.95. The van der Waals surface area contributed by atoms with Crippen LogP contribution in [0.3, 0.4) is 0 Å². The molecule has 1 heterocycles. The summed E-state index contributed by atoms with van der Waals surface area (Å²) in [7, 11) is 0. The fourth-order valence-corrected chi connectivity index (χ4v) is 3.60. The Bertz CT molecular complexity index is 660. The smallest absolute Gasteiger partial charge is 0.299 e. The van der Waals surface area contributed by atoms with E-state index >= 15 is 0 Å². The van der Waals surface area contributed by atoms with Gasteiger partial charge in [-0.15, -0.1) is 0 Å². The van der Waals surface area contributed by atoms with Crippen LogP contribution in [0.4, 0.5) is 13.2 Å². The number of hydrogen-bond acceptors (Lipinski definition) is 1. The van der Waals surface area contributed by atoms with E-state index in [9.17, 15) is 13.2 Å². The third-order valence-corrected chi connectivity index (χ3v) is 5.10. The third kappa shape index (κ3) is 3.30. The van der Waals surface area contributed by atoms with E-state index < -0.39 is 12.1 Å². The van der Waals surface area contributed by atoms with Crippen LogP contribution in [-0.2, 0) is 6.54 Å². The second kappa shape index (κ2) is 6.20. The number of rotatable bonds is 2. The molecule has 0 spiro atoms. The largest absolute Gasteiger partial charge is 0.391 e. The average molecular weight is 372 g/mol. The zero-order valence-corrected chi connectivity index (χ0v) is 13.6. The maximum Gasteiger partial charge on any atom is 0.391 e. The van der Waals surface area contributed by atoms with Gasteiger partial charge in [0.25, 0.3) is 0 Å². The molecule has 1 saturated heterocycles. The number of alkyl halides is 3. The van der Waals surface area contributed by atoms with Gasteiger partial charge in [0.05, 0.1) is 5.92 Å². The lowest BCUT2D eigenvalue weighted by Crippen LogP contribution is -2.38. The fourth-order valence-electron chi connectivity index (χ4n) is 3.12. The highest BCUT2D eigenvalue weighted by Gasteiger charge is 2.40. The molecule has 0 bridgehead atoms. The van der Waals surface area contributed by atoms with Crippen LogP contribution >= 0.6 is 15.9 Å². The minimum absolute atomic E-state index is 0.206. The van der Waals surface area contributed by atoms with Crippen LogP contribution in [0.2, 0.25) is 0 Å². The van der Waals surface area contributed by atoms with Crippen LogP contribution < -0.4 is 0 Å². The van der Waals surface area contributed by atoms with Gasteiger partial charge in [0, 0.05) is 11.0 Å². The van der Waals surface area contributed by atoms with E-state index in [2.05, 4.69) is 39.0 Å². The van der Waals surface area contributed by atoms with E-state index in [4.69, 9.17) is 0 Å². The zero-order valence-electron chi connectivity index (χ0n) is 12.0. The molecule has 1 aliphatic heterocycles. The molecule has 118 valence electrons. The number of fused-ring (bicyclic) bond motifs is 1. The van der Waals surface area contributed by atoms with Crippen LogP contribution in [0.5, 0.6) is 0 Å². The topological polar surface area (TPSA) is 3.24 Å². The van der Waals surface area contributed by atoms with E-state index in [0.717, 1.165) is 15.2 Å². The highest BCUT2D eigenvalue weighted by Crippen LogP contribution is 2.35. The Balaban J connectivity index is 1.74. The van der Waals surface area contributed by atoms with Crippen molar-refractivity contribution in [2.75, 3.05) is 13.1 Å². The molecule has 0 aliphatic carbocycles. The first kappa shape index (κ1) is 15.8. The number of likely N-dealkylation sites (tertiary alicyclic amines) is 1. The van der Waals surface area contributed by atoms with E-state index in [1.54, 1.807) is 0 Å². The van der Waals surface area contributed by atoms with Crippen molar-refractivity contribution >= 4 is 26.7 Å². The molecule has 2 aromatic carbocycles. The van der Waals surface area contributed by atoms with Gasteiger partial charge in [-0.25, -0.2) is 0 Å². The predicted molar refractivity (Wildman–Crippen MR) is 85.7 cm³/mol. The fraction of sp³-hybridized carbons (Fsp3) is 0.412. The summed E-state index contributed by atoms with van der Waals surface area (Å²) >= 11 is 3.55. The van der Waals surface area contributed by atoms with Gasteiger partial charge in [-0.3, -0.25) is 4.90 Å². The number of halogens is 4. The third-order valence-electron chi connectivity index (χ3n) is 4.41. The van der Waals surface area contributed by atoms with Gasteiger partial charge in [-0.1, -0.05) is 46.3 Å². The second-order valence-electron chi connectivity index (χ2n) is 5.84. The predicted octanol–water partition coefficient (Wildman–Crippen LogP) is 5.38. The molecule has 1 fully saturated rings. The summed E-state index contributed by atoms with van der Waals surface area (Å²) in [4.78, 5) is 2.12. The van der Waals surface area contributed by atoms with Crippen molar-refractivity contribution in [1.82, 2.24) is 4.90 Å². The summed E-state index contributed by atoms with van der Waals surface area (Å²) in [5.74, 6) is -1.13. The molecule has 0 N–H and O–H groups in total. The van der Waals surface area contributed by atoms with Gasteiger partial charge in [0.15, 0.2) is 0 Å². The van der Waals surface area contributed by atoms with Gasteiger partial charge in [0.1, 0.15) is 0 Å². The second-order valence-corrected chi connectivity index (χ2v) is 6.70. The monoisotopic (exact) mass is 371 g/mol. The molecule has 0 atom stereocenters. The number of piperidine rings is 1. The van der Waals surface area contributed by atoms with Crippen molar-refractivity contribution in [3.8, 4) is 0 Å². The van der Waals surface area contributed by atoms with E-state index in [1.165, 1.54) is 5.56 Å². The normalized spacial score (nSPS) is 18.0. The van der Waals surface area contributed by atoms with Gasteiger partial charge >= 0.3 is 6.18 Å². The quantitative estimate of drug-likeness (QED) is 0.685. The molecule has 5 heteroatoms. The summed E-state index contributed by atoms with van der Waals surface area (Å²) in [6, 6.07) is 12.2. The van der Waals surface area contributed by atoms with Crippen LogP contribution in [0, 0.1) is 5.92 Å². The molecule has 1 nitrogen and oxygen atoms in total. The standard InChI is InChI=1S/C17H17BrF3N/c18-16-6-5-12(14-3-1-2-4-15(14)16)11-22-9-7-13(8-10-22)17(19,20)21/h1-6,13H,7-11H2. The van der Waals surface area contributed by atoms with Gasteiger partial charge in [-0.2, -0.15) is 13.2 Å². The minimum Gasteiger partial charge on any atom is -0.299 e. The number of nitrogens with zero attached hydrogens (tertiary/aromatic N) is 1. The number of benzene rings is 2. The first-order valence-electron chi connectivity index (χ1n) is 7.40. The van der Waals surface area contributed by atoms with Crippen LogP contribution in [0.15, 0.2) is 40.9 Å². The summed E-state index contributed by atoms with van der Waals surface area (Å²) in [6.07, 6.45) is -3.63. The van der Waals surface area contributed by atoms with Crippen molar-refractivity contribution in [3.63, 3.8) is 0 Å². The van der Waals surface area contributed by atoms with E-state index in [-0.39, 0.29) is 12.8 Å². The highest BCUT2D eigenvalue weighted by atomic mass is 79.9. The van der Waals surface area contributed by atoms with Gasteiger partial charge < -0.3 is 0 Å². The minimum atomic E-state index is -4.05. The molecular formula is C17H17BrF3N. The maximum absolute atomic E-state index is 12.7. The Kier molecular flexibility index (Phi) is 4.46. The maximum atomic E-state index is 12.7. The summed E-state index contributed by atoms with van der Waals surface area (Å²) in [6.45, 7) is 1.72. The van der Waals surface area contributed by atoms with E-state index in [1.807, 2.05) is 18.2 Å². The number of hydrogen-bond donors (Lipinski definition) is 0. The molecular weight excluding hydrogens is 355 g/mol. The Labute approximate surface area is 136 Å².